The van der Waals surface area contributed by atoms with Crippen molar-refractivity contribution >= 4 is 0 Å². The molecular formula is C13H18O3. The Bertz CT molecular complexity index is 325. The van der Waals surface area contributed by atoms with E-state index in [1.54, 1.807) is 0 Å². The summed E-state index contributed by atoms with van der Waals surface area (Å²) in [5.74, 6) is -0.649. The third-order valence-corrected chi connectivity index (χ3v) is 2.86. The summed E-state index contributed by atoms with van der Waals surface area (Å²) in [7, 11) is 0. The molecule has 1 aliphatic rings. The number of ether oxygens (including phenoxy) is 2. The first-order valence-electron chi connectivity index (χ1n) is 5.79. The van der Waals surface area contributed by atoms with Gasteiger partial charge in [-0.25, -0.2) is 0 Å². The van der Waals surface area contributed by atoms with Gasteiger partial charge in [-0.05, 0) is 0 Å². The lowest BCUT2D eigenvalue weighted by Crippen LogP contribution is -2.28. The van der Waals surface area contributed by atoms with Crippen LogP contribution < -0.4 is 0 Å². The van der Waals surface area contributed by atoms with Crippen molar-refractivity contribution in [2.75, 3.05) is 13.2 Å². The zero-order chi connectivity index (χ0) is 11.4. The van der Waals surface area contributed by atoms with Crippen molar-refractivity contribution in [1.82, 2.24) is 0 Å². The number of rotatable bonds is 4. The Morgan fingerprint density at radius 1 is 1.38 bits per heavy atom. The molecule has 0 aliphatic carbocycles. The van der Waals surface area contributed by atoms with Crippen molar-refractivity contribution in [2.45, 2.75) is 31.7 Å². The van der Waals surface area contributed by atoms with E-state index < -0.39 is 5.79 Å². The third kappa shape index (κ3) is 2.12. The molecule has 1 aliphatic heterocycles. The molecule has 0 unspecified atom stereocenters. The molecule has 1 saturated heterocycles. The second-order valence-electron chi connectivity index (χ2n) is 4.10. The Morgan fingerprint density at radius 2 is 2.12 bits per heavy atom. The molecule has 2 rings (SSSR count). The number of hydrogen-bond donors (Lipinski definition) is 1. The molecule has 0 radical (unpaired) electrons. The van der Waals surface area contributed by atoms with Gasteiger partial charge in [-0.3, -0.25) is 0 Å². The van der Waals surface area contributed by atoms with Gasteiger partial charge in [-0.2, -0.15) is 0 Å². The van der Waals surface area contributed by atoms with Gasteiger partial charge in [0.2, 0.25) is 0 Å². The lowest BCUT2D eigenvalue weighted by atomic mass is 10.0. The van der Waals surface area contributed by atoms with Gasteiger partial charge in [0.1, 0.15) is 6.10 Å². The minimum Gasteiger partial charge on any atom is -0.394 e. The maximum atomic E-state index is 9.11. The molecule has 16 heavy (non-hydrogen) atoms. The van der Waals surface area contributed by atoms with E-state index in [1.807, 2.05) is 30.3 Å². The third-order valence-electron chi connectivity index (χ3n) is 2.86. The van der Waals surface area contributed by atoms with Gasteiger partial charge in [0.25, 0.3) is 0 Å². The highest BCUT2D eigenvalue weighted by Crippen LogP contribution is 2.38. The standard InChI is InChI=1S/C13H18O3/c1-2-8-13(11-6-4-3-5-7-11)15-10-12(9-14)16-13/h3-7,12,14H,2,8-10H2,1H3/t12-,13+/m1/s1. The van der Waals surface area contributed by atoms with E-state index in [1.165, 1.54) is 0 Å². The fourth-order valence-corrected chi connectivity index (χ4v) is 2.10. The molecule has 3 nitrogen and oxygen atoms in total. The topological polar surface area (TPSA) is 38.7 Å². The molecule has 3 heteroatoms. The molecule has 0 aromatic heterocycles. The molecule has 1 aromatic rings. The van der Waals surface area contributed by atoms with Gasteiger partial charge < -0.3 is 14.6 Å². The van der Waals surface area contributed by atoms with Crippen LogP contribution in [-0.4, -0.2) is 24.4 Å². The lowest BCUT2D eigenvalue weighted by molar-refractivity contribution is -0.185. The second kappa shape index (κ2) is 4.95. The molecule has 0 bridgehead atoms. The summed E-state index contributed by atoms with van der Waals surface area (Å²) in [5, 5.41) is 9.11. The van der Waals surface area contributed by atoms with E-state index in [9.17, 15) is 0 Å². The molecular weight excluding hydrogens is 204 g/mol. The maximum absolute atomic E-state index is 9.11. The minimum absolute atomic E-state index is 0.0122. The van der Waals surface area contributed by atoms with E-state index in [4.69, 9.17) is 14.6 Å². The van der Waals surface area contributed by atoms with Crippen LogP contribution in [0.3, 0.4) is 0 Å². The van der Waals surface area contributed by atoms with Crippen molar-refractivity contribution in [3.63, 3.8) is 0 Å². The summed E-state index contributed by atoms with van der Waals surface area (Å²) in [6, 6.07) is 9.95. The van der Waals surface area contributed by atoms with E-state index in [-0.39, 0.29) is 12.7 Å². The number of aliphatic hydroxyl groups excluding tert-OH is 1. The van der Waals surface area contributed by atoms with Crippen LogP contribution in [0.15, 0.2) is 30.3 Å². The van der Waals surface area contributed by atoms with Crippen LogP contribution in [0.1, 0.15) is 25.3 Å². The fourth-order valence-electron chi connectivity index (χ4n) is 2.10. The number of hydrogen-bond acceptors (Lipinski definition) is 3. The van der Waals surface area contributed by atoms with E-state index in [2.05, 4.69) is 6.92 Å². The van der Waals surface area contributed by atoms with Gasteiger partial charge >= 0.3 is 0 Å². The molecule has 0 spiro atoms. The number of aliphatic hydroxyl groups is 1. The van der Waals surface area contributed by atoms with Crippen molar-refractivity contribution in [3.05, 3.63) is 35.9 Å². The molecule has 0 saturated carbocycles. The van der Waals surface area contributed by atoms with Crippen LogP contribution in [0.5, 0.6) is 0 Å². The Hall–Kier alpha value is -0.900. The van der Waals surface area contributed by atoms with Gasteiger partial charge in [-0.15, -0.1) is 0 Å². The van der Waals surface area contributed by atoms with Gasteiger partial charge in [0, 0.05) is 12.0 Å². The highest BCUT2D eigenvalue weighted by atomic mass is 16.7. The average Bonchev–Trinajstić information content (AvgIpc) is 2.76. The summed E-state index contributed by atoms with van der Waals surface area (Å²) in [6.07, 6.45) is 1.59. The highest BCUT2D eigenvalue weighted by Gasteiger charge is 2.41. The molecule has 0 amide bonds. The molecule has 1 fully saturated rings. The van der Waals surface area contributed by atoms with Crippen LogP contribution in [0.2, 0.25) is 0 Å². The first-order valence-corrected chi connectivity index (χ1v) is 5.79. The zero-order valence-electron chi connectivity index (χ0n) is 9.56. The highest BCUT2D eigenvalue weighted by molar-refractivity contribution is 5.21. The summed E-state index contributed by atoms with van der Waals surface area (Å²) in [5.41, 5.74) is 1.04. The van der Waals surface area contributed by atoms with Gasteiger partial charge in [0.15, 0.2) is 5.79 Å². The lowest BCUT2D eigenvalue weighted by Gasteiger charge is -2.28. The molecule has 1 N–H and O–H groups in total. The number of benzene rings is 1. The molecule has 88 valence electrons. The largest absolute Gasteiger partial charge is 0.394 e. The van der Waals surface area contributed by atoms with Crippen LogP contribution in [0.25, 0.3) is 0 Å². The van der Waals surface area contributed by atoms with Crippen molar-refractivity contribution in [3.8, 4) is 0 Å². The predicted molar refractivity (Wildman–Crippen MR) is 60.9 cm³/mol. The van der Waals surface area contributed by atoms with E-state index >= 15 is 0 Å². The average molecular weight is 222 g/mol. The van der Waals surface area contributed by atoms with Crippen molar-refractivity contribution < 1.29 is 14.6 Å². The smallest absolute Gasteiger partial charge is 0.195 e. The Balaban J connectivity index is 2.23. The molecule has 2 atom stereocenters. The monoisotopic (exact) mass is 222 g/mol. The van der Waals surface area contributed by atoms with Gasteiger partial charge in [-0.1, -0.05) is 43.7 Å². The van der Waals surface area contributed by atoms with Crippen LogP contribution in [-0.2, 0) is 15.3 Å². The summed E-state index contributed by atoms with van der Waals surface area (Å²) in [4.78, 5) is 0. The maximum Gasteiger partial charge on any atom is 0.195 e. The molecule has 1 aromatic carbocycles. The Labute approximate surface area is 96.0 Å². The fraction of sp³-hybridized carbons (Fsp3) is 0.538. The van der Waals surface area contributed by atoms with E-state index in [0.29, 0.717) is 6.61 Å². The normalized spacial score (nSPS) is 29.5. The van der Waals surface area contributed by atoms with Crippen LogP contribution >= 0.6 is 0 Å². The predicted octanol–water partition coefficient (Wildman–Crippen LogP) is 2.05. The quantitative estimate of drug-likeness (QED) is 0.847. The first kappa shape index (κ1) is 11.6. The van der Waals surface area contributed by atoms with E-state index in [0.717, 1.165) is 18.4 Å². The summed E-state index contributed by atoms with van der Waals surface area (Å²) >= 11 is 0. The van der Waals surface area contributed by atoms with Crippen LogP contribution in [0.4, 0.5) is 0 Å². The second-order valence-corrected chi connectivity index (χ2v) is 4.10. The Morgan fingerprint density at radius 3 is 2.69 bits per heavy atom. The minimum atomic E-state index is -0.649. The zero-order valence-corrected chi connectivity index (χ0v) is 9.56. The van der Waals surface area contributed by atoms with Gasteiger partial charge in [0.05, 0.1) is 13.2 Å². The van der Waals surface area contributed by atoms with Crippen molar-refractivity contribution in [2.24, 2.45) is 0 Å². The Kier molecular flexibility index (Phi) is 3.59. The SMILES string of the molecule is CCC[C@]1(c2ccccc2)OC[C@@H](CO)O1. The summed E-state index contributed by atoms with van der Waals surface area (Å²) < 4.78 is 11.6. The summed E-state index contributed by atoms with van der Waals surface area (Å²) in [6.45, 7) is 2.58. The first-order chi connectivity index (χ1) is 7.80. The van der Waals surface area contributed by atoms with Crippen LogP contribution in [0, 0.1) is 0 Å². The molecule has 1 heterocycles. The van der Waals surface area contributed by atoms with Crippen molar-refractivity contribution in [1.29, 1.82) is 0 Å².